The average Bonchev–Trinajstić information content (AvgIpc) is 2.72. The summed E-state index contributed by atoms with van der Waals surface area (Å²) in [6, 6.07) is 8.49. The molecule has 1 aromatic carbocycles. The molecule has 0 aliphatic rings. The zero-order chi connectivity index (χ0) is 11.0. The van der Waals surface area contributed by atoms with Crippen LogP contribution >= 0.6 is 0 Å². The quantitative estimate of drug-likeness (QED) is 0.616. The third kappa shape index (κ3) is 1.37. The molecule has 3 aromatic rings. The second-order valence-electron chi connectivity index (χ2n) is 3.83. The topological polar surface area (TPSA) is 30.7 Å². The summed E-state index contributed by atoms with van der Waals surface area (Å²) >= 11 is 0. The Bertz CT molecular complexity index is 626. The highest BCUT2D eigenvalue weighted by atomic mass is 14.9. The summed E-state index contributed by atoms with van der Waals surface area (Å²) in [5.74, 6) is 0. The fourth-order valence-electron chi connectivity index (χ4n) is 1.89. The van der Waals surface area contributed by atoms with Crippen LogP contribution in [0.3, 0.4) is 0 Å². The van der Waals surface area contributed by atoms with E-state index in [1.54, 1.807) is 6.33 Å². The van der Waals surface area contributed by atoms with Crippen molar-refractivity contribution in [2.45, 2.75) is 0 Å². The van der Waals surface area contributed by atoms with Crippen LogP contribution in [0.5, 0.6) is 0 Å². The molecule has 0 saturated carbocycles. The third-order valence-corrected chi connectivity index (χ3v) is 2.78. The minimum Gasteiger partial charge on any atom is -0.351 e. The molecule has 3 rings (SSSR count). The molecule has 78 valence electrons. The van der Waals surface area contributed by atoms with Gasteiger partial charge in [-0.25, -0.2) is 9.97 Å². The first kappa shape index (κ1) is 9.09. The monoisotopic (exact) mass is 209 g/mol. The first-order chi connectivity index (χ1) is 7.84. The highest BCUT2D eigenvalue weighted by molar-refractivity contribution is 5.85. The second-order valence-corrected chi connectivity index (χ2v) is 3.83. The lowest BCUT2D eigenvalue weighted by Crippen LogP contribution is -1.86. The Morgan fingerprint density at radius 2 is 1.81 bits per heavy atom. The summed E-state index contributed by atoms with van der Waals surface area (Å²) in [6.45, 7) is 0. The lowest BCUT2D eigenvalue weighted by atomic mass is 10.1. The van der Waals surface area contributed by atoms with Crippen molar-refractivity contribution >= 4 is 10.9 Å². The van der Waals surface area contributed by atoms with Crippen molar-refractivity contribution in [1.82, 2.24) is 14.5 Å². The molecule has 0 radical (unpaired) electrons. The molecule has 0 saturated heterocycles. The normalized spacial score (nSPS) is 10.8. The molecule has 2 heterocycles. The Hall–Kier alpha value is -2.16. The van der Waals surface area contributed by atoms with E-state index in [9.17, 15) is 0 Å². The standard InChI is InChI=1S/C13H11N3/c1-16-5-4-10-2-3-11(6-13(10)16)12-7-14-9-15-8-12/h2-9H,1H3. The Balaban J connectivity index is 2.22. The largest absolute Gasteiger partial charge is 0.351 e. The number of rotatable bonds is 1. The van der Waals surface area contributed by atoms with Crippen molar-refractivity contribution in [3.8, 4) is 11.1 Å². The van der Waals surface area contributed by atoms with Gasteiger partial charge in [-0.3, -0.25) is 0 Å². The van der Waals surface area contributed by atoms with Crippen LogP contribution in [0.1, 0.15) is 0 Å². The molecule has 0 bridgehead atoms. The van der Waals surface area contributed by atoms with Gasteiger partial charge >= 0.3 is 0 Å². The van der Waals surface area contributed by atoms with Gasteiger partial charge in [0.25, 0.3) is 0 Å². The molecule has 0 aliphatic carbocycles. The summed E-state index contributed by atoms with van der Waals surface area (Å²) in [4.78, 5) is 8.07. The molecule has 0 atom stereocenters. The van der Waals surface area contributed by atoms with Crippen LogP contribution in [0, 0.1) is 0 Å². The van der Waals surface area contributed by atoms with Gasteiger partial charge in [0.05, 0.1) is 0 Å². The Morgan fingerprint density at radius 1 is 1.00 bits per heavy atom. The van der Waals surface area contributed by atoms with Crippen molar-refractivity contribution in [2.24, 2.45) is 7.05 Å². The van der Waals surface area contributed by atoms with E-state index in [0.29, 0.717) is 0 Å². The summed E-state index contributed by atoms with van der Waals surface area (Å²) in [5, 5.41) is 1.25. The summed E-state index contributed by atoms with van der Waals surface area (Å²) < 4.78 is 2.11. The van der Waals surface area contributed by atoms with E-state index in [1.165, 1.54) is 10.9 Å². The molecule has 0 spiro atoms. The molecule has 0 fully saturated rings. The Morgan fingerprint density at radius 3 is 2.62 bits per heavy atom. The molecule has 0 unspecified atom stereocenters. The molecule has 0 N–H and O–H groups in total. The van der Waals surface area contributed by atoms with Crippen LogP contribution in [0.15, 0.2) is 49.2 Å². The fraction of sp³-hybridized carbons (Fsp3) is 0.0769. The SMILES string of the molecule is Cn1ccc2ccc(-c3cncnc3)cc21. The maximum atomic E-state index is 4.03. The number of fused-ring (bicyclic) bond motifs is 1. The van der Waals surface area contributed by atoms with Crippen molar-refractivity contribution < 1.29 is 0 Å². The Kier molecular flexibility index (Phi) is 1.96. The number of hydrogen-bond acceptors (Lipinski definition) is 2. The summed E-state index contributed by atoms with van der Waals surface area (Å²) in [5.41, 5.74) is 3.42. The van der Waals surface area contributed by atoms with Crippen LogP contribution in [0.25, 0.3) is 22.0 Å². The number of aryl methyl sites for hydroxylation is 1. The van der Waals surface area contributed by atoms with Crippen LogP contribution in [-0.2, 0) is 7.05 Å². The highest BCUT2D eigenvalue weighted by Crippen LogP contribution is 2.23. The predicted octanol–water partition coefficient (Wildman–Crippen LogP) is 2.64. The zero-order valence-electron chi connectivity index (χ0n) is 8.96. The maximum Gasteiger partial charge on any atom is 0.115 e. The molecule has 3 heteroatoms. The molecule has 16 heavy (non-hydrogen) atoms. The molecule has 2 aromatic heterocycles. The van der Waals surface area contributed by atoms with Gasteiger partial charge in [-0.2, -0.15) is 0 Å². The van der Waals surface area contributed by atoms with E-state index in [2.05, 4.69) is 45.0 Å². The fourth-order valence-corrected chi connectivity index (χ4v) is 1.89. The molecule has 0 amide bonds. The van der Waals surface area contributed by atoms with E-state index >= 15 is 0 Å². The van der Waals surface area contributed by atoms with Crippen molar-refractivity contribution in [1.29, 1.82) is 0 Å². The minimum absolute atomic E-state index is 1.05. The van der Waals surface area contributed by atoms with E-state index in [0.717, 1.165) is 11.1 Å². The number of aromatic nitrogens is 3. The number of hydrogen-bond donors (Lipinski definition) is 0. The smallest absolute Gasteiger partial charge is 0.115 e. The number of benzene rings is 1. The minimum atomic E-state index is 1.05. The van der Waals surface area contributed by atoms with Gasteiger partial charge < -0.3 is 4.57 Å². The van der Waals surface area contributed by atoms with Gasteiger partial charge in [-0.1, -0.05) is 12.1 Å². The molecular formula is C13H11N3. The zero-order valence-corrected chi connectivity index (χ0v) is 8.96. The van der Waals surface area contributed by atoms with E-state index in [1.807, 2.05) is 19.4 Å². The van der Waals surface area contributed by atoms with Crippen LogP contribution in [-0.4, -0.2) is 14.5 Å². The molecule has 0 aliphatic heterocycles. The van der Waals surface area contributed by atoms with Gasteiger partial charge in [0.2, 0.25) is 0 Å². The van der Waals surface area contributed by atoms with E-state index < -0.39 is 0 Å². The van der Waals surface area contributed by atoms with Gasteiger partial charge in [0.1, 0.15) is 6.33 Å². The van der Waals surface area contributed by atoms with Crippen molar-refractivity contribution in [2.75, 3.05) is 0 Å². The average molecular weight is 209 g/mol. The number of nitrogens with zero attached hydrogens (tertiary/aromatic N) is 3. The van der Waals surface area contributed by atoms with Crippen LogP contribution in [0.2, 0.25) is 0 Å². The second kappa shape index (κ2) is 3.45. The first-order valence-corrected chi connectivity index (χ1v) is 5.15. The van der Waals surface area contributed by atoms with Gasteiger partial charge in [0, 0.05) is 36.7 Å². The highest BCUT2D eigenvalue weighted by Gasteiger charge is 2.02. The summed E-state index contributed by atoms with van der Waals surface area (Å²) in [6.07, 6.45) is 7.27. The van der Waals surface area contributed by atoms with Crippen LogP contribution < -0.4 is 0 Å². The van der Waals surface area contributed by atoms with Gasteiger partial charge in [-0.15, -0.1) is 0 Å². The van der Waals surface area contributed by atoms with Crippen molar-refractivity contribution in [3.05, 3.63) is 49.2 Å². The Labute approximate surface area is 93.4 Å². The predicted molar refractivity (Wildman–Crippen MR) is 63.9 cm³/mol. The maximum absolute atomic E-state index is 4.03. The molecular weight excluding hydrogens is 198 g/mol. The third-order valence-electron chi connectivity index (χ3n) is 2.78. The van der Waals surface area contributed by atoms with Gasteiger partial charge in [-0.05, 0) is 23.1 Å². The van der Waals surface area contributed by atoms with Crippen molar-refractivity contribution in [3.63, 3.8) is 0 Å². The summed E-state index contributed by atoms with van der Waals surface area (Å²) in [7, 11) is 2.05. The lowest BCUT2D eigenvalue weighted by molar-refractivity contribution is 0.969. The van der Waals surface area contributed by atoms with E-state index in [-0.39, 0.29) is 0 Å². The van der Waals surface area contributed by atoms with E-state index in [4.69, 9.17) is 0 Å². The molecule has 3 nitrogen and oxygen atoms in total. The lowest BCUT2D eigenvalue weighted by Gasteiger charge is -2.02. The van der Waals surface area contributed by atoms with Gasteiger partial charge in [0.15, 0.2) is 0 Å². The first-order valence-electron chi connectivity index (χ1n) is 5.15. The van der Waals surface area contributed by atoms with Crippen LogP contribution in [0.4, 0.5) is 0 Å².